The van der Waals surface area contributed by atoms with Crippen molar-refractivity contribution >= 4 is 63.7 Å². The van der Waals surface area contributed by atoms with Crippen LogP contribution in [0.25, 0.3) is 0 Å². The van der Waals surface area contributed by atoms with Crippen LogP contribution in [0.15, 0.2) is 79.1 Å². The SMILES string of the molecule is Brc1c(Br)c(C[n+]2ccccc2)c(Br)c(Br)c1C[n+]1ccccc1. The molecule has 0 atom stereocenters. The second-order valence-corrected chi connectivity index (χ2v) is 8.48. The molecule has 0 N–H and O–H groups in total. The van der Waals surface area contributed by atoms with Crippen LogP contribution in [-0.4, -0.2) is 0 Å². The Morgan fingerprint density at radius 2 is 0.792 bits per heavy atom. The second kappa shape index (κ2) is 8.21. The van der Waals surface area contributed by atoms with Crippen LogP contribution in [0.5, 0.6) is 0 Å². The zero-order valence-electron chi connectivity index (χ0n) is 12.6. The van der Waals surface area contributed by atoms with E-state index < -0.39 is 0 Å². The molecule has 6 heteroatoms. The summed E-state index contributed by atoms with van der Waals surface area (Å²) in [5.41, 5.74) is 2.37. The van der Waals surface area contributed by atoms with Crippen molar-refractivity contribution in [2.75, 3.05) is 0 Å². The van der Waals surface area contributed by atoms with Crippen LogP contribution >= 0.6 is 63.7 Å². The lowest BCUT2D eigenvalue weighted by atomic mass is 10.1. The van der Waals surface area contributed by atoms with E-state index in [0.717, 1.165) is 31.0 Å². The van der Waals surface area contributed by atoms with Crippen molar-refractivity contribution in [1.82, 2.24) is 0 Å². The predicted molar refractivity (Wildman–Crippen MR) is 109 cm³/mol. The van der Waals surface area contributed by atoms with E-state index >= 15 is 0 Å². The summed E-state index contributed by atoms with van der Waals surface area (Å²) in [6, 6.07) is 12.2. The molecule has 0 fully saturated rings. The summed E-state index contributed by atoms with van der Waals surface area (Å²) in [4.78, 5) is 0. The van der Waals surface area contributed by atoms with Gasteiger partial charge in [0.1, 0.15) is 0 Å². The van der Waals surface area contributed by atoms with Gasteiger partial charge in [0.05, 0.1) is 0 Å². The van der Waals surface area contributed by atoms with Crippen molar-refractivity contribution in [2.24, 2.45) is 0 Å². The Bertz CT molecular complexity index is 750. The minimum Gasteiger partial charge on any atom is -0.201 e. The first-order valence-electron chi connectivity index (χ1n) is 7.29. The molecule has 0 spiro atoms. The van der Waals surface area contributed by atoms with E-state index in [2.05, 4.69) is 97.6 Å². The van der Waals surface area contributed by atoms with Gasteiger partial charge in [0.2, 0.25) is 0 Å². The lowest BCUT2D eigenvalue weighted by molar-refractivity contribution is -0.689. The van der Waals surface area contributed by atoms with Crippen molar-refractivity contribution in [3.8, 4) is 0 Å². The topological polar surface area (TPSA) is 7.76 Å². The third kappa shape index (κ3) is 3.98. The van der Waals surface area contributed by atoms with Crippen molar-refractivity contribution in [3.05, 3.63) is 90.2 Å². The van der Waals surface area contributed by atoms with Crippen LogP contribution in [0.1, 0.15) is 11.1 Å². The number of hydrogen-bond donors (Lipinski definition) is 0. The second-order valence-electron chi connectivity index (χ2n) is 5.31. The van der Waals surface area contributed by atoms with Crippen LogP contribution in [0.2, 0.25) is 0 Å². The van der Waals surface area contributed by atoms with E-state index in [4.69, 9.17) is 0 Å². The average molecular weight is 578 g/mol. The summed E-state index contributed by atoms with van der Waals surface area (Å²) in [5, 5.41) is 0. The van der Waals surface area contributed by atoms with Gasteiger partial charge in [-0.1, -0.05) is 12.1 Å². The summed E-state index contributed by atoms with van der Waals surface area (Å²) in [7, 11) is 0. The minimum absolute atomic E-state index is 0.776. The van der Waals surface area contributed by atoms with Crippen LogP contribution < -0.4 is 9.13 Å². The highest BCUT2D eigenvalue weighted by atomic mass is 79.9. The first-order chi connectivity index (χ1) is 11.6. The first kappa shape index (κ1) is 18.2. The van der Waals surface area contributed by atoms with Gasteiger partial charge in [-0.2, -0.15) is 0 Å². The average Bonchev–Trinajstić information content (AvgIpc) is 2.62. The molecule has 3 aromatic rings. The highest BCUT2D eigenvalue weighted by molar-refractivity contribution is 9.14. The smallest absolute Gasteiger partial charge is 0.176 e. The van der Waals surface area contributed by atoms with Gasteiger partial charge >= 0.3 is 0 Å². The molecular weight excluding hydrogens is 564 g/mol. The fraction of sp³-hybridized carbons (Fsp3) is 0.111. The van der Waals surface area contributed by atoms with Gasteiger partial charge < -0.3 is 0 Å². The number of rotatable bonds is 4. The summed E-state index contributed by atoms with van der Waals surface area (Å²) in [5.74, 6) is 0. The lowest BCUT2D eigenvalue weighted by Crippen LogP contribution is -2.34. The van der Waals surface area contributed by atoms with Crippen LogP contribution in [0.4, 0.5) is 0 Å². The monoisotopic (exact) mass is 574 g/mol. The van der Waals surface area contributed by atoms with E-state index in [1.165, 1.54) is 11.1 Å². The van der Waals surface area contributed by atoms with Gasteiger partial charge in [-0.25, -0.2) is 9.13 Å². The minimum atomic E-state index is 0.776. The number of pyridine rings is 2. The maximum atomic E-state index is 3.77. The molecule has 2 heterocycles. The molecule has 0 aliphatic heterocycles. The number of nitrogens with zero attached hydrogens (tertiary/aromatic N) is 2. The number of halogens is 4. The Morgan fingerprint density at radius 3 is 1.08 bits per heavy atom. The Balaban J connectivity index is 2.02. The fourth-order valence-electron chi connectivity index (χ4n) is 2.44. The lowest BCUT2D eigenvalue weighted by Gasteiger charge is -2.13. The molecule has 0 aliphatic carbocycles. The van der Waals surface area contributed by atoms with Crippen molar-refractivity contribution in [1.29, 1.82) is 0 Å². The van der Waals surface area contributed by atoms with E-state index in [0.29, 0.717) is 0 Å². The zero-order chi connectivity index (χ0) is 17.1. The highest BCUT2D eigenvalue weighted by Gasteiger charge is 2.23. The third-order valence-corrected chi connectivity index (χ3v) is 8.25. The van der Waals surface area contributed by atoms with Crippen molar-refractivity contribution in [3.63, 3.8) is 0 Å². The number of aromatic nitrogens is 2. The number of benzene rings is 1. The molecule has 24 heavy (non-hydrogen) atoms. The highest BCUT2D eigenvalue weighted by Crippen LogP contribution is 2.41. The summed E-state index contributed by atoms with van der Waals surface area (Å²) in [6.07, 6.45) is 8.26. The molecule has 2 aromatic heterocycles. The predicted octanol–water partition coefficient (Wildman–Crippen LogP) is 5.41. The van der Waals surface area contributed by atoms with Gasteiger partial charge in [-0.05, 0) is 63.7 Å². The van der Waals surface area contributed by atoms with Crippen LogP contribution in [0.3, 0.4) is 0 Å². The van der Waals surface area contributed by atoms with E-state index in [1.54, 1.807) is 0 Å². The molecule has 0 saturated carbocycles. The maximum Gasteiger partial charge on any atom is 0.176 e. The van der Waals surface area contributed by atoms with Gasteiger partial charge in [0, 0.05) is 53.3 Å². The largest absolute Gasteiger partial charge is 0.201 e. The maximum absolute atomic E-state index is 3.77. The molecule has 0 bridgehead atoms. The van der Waals surface area contributed by atoms with E-state index in [-0.39, 0.29) is 0 Å². The Morgan fingerprint density at radius 1 is 0.500 bits per heavy atom. The number of hydrogen-bond acceptors (Lipinski definition) is 0. The normalized spacial score (nSPS) is 10.8. The van der Waals surface area contributed by atoms with Crippen LogP contribution in [0, 0.1) is 0 Å². The van der Waals surface area contributed by atoms with Gasteiger partial charge in [0.15, 0.2) is 37.9 Å². The van der Waals surface area contributed by atoms with Gasteiger partial charge in [0.25, 0.3) is 0 Å². The molecular formula is C18H14Br4N2+2. The van der Waals surface area contributed by atoms with Crippen molar-refractivity contribution in [2.45, 2.75) is 13.1 Å². The molecule has 0 amide bonds. The Kier molecular flexibility index (Phi) is 6.24. The molecule has 122 valence electrons. The standard InChI is InChI=1S/C18H14Br4N2/c19-15-13(11-23-7-3-1-4-8-23)16(20)18(22)14(17(15)21)12-24-9-5-2-6-10-24/h1-10H,11-12H2/q+2. The van der Waals surface area contributed by atoms with Gasteiger partial charge in [-0.15, -0.1) is 0 Å². The molecule has 0 saturated heterocycles. The zero-order valence-corrected chi connectivity index (χ0v) is 18.9. The fourth-order valence-corrected chi connectivity index (χ4v) is 5.23. The van der Waals surface area contributed by atoms with E-state index in [1.807, 2.05) is 36.4 Å². The first-order valence-corrected chi connectivity index (χ1v) is 10.5. The Hall–Kier alpha value is -0.560. The quantitative estimate of drug-likeness (QED) is 0.290. The third-order valence-electron chi connectivity index (χ3n) is 3.68. The molecule has 0 unspecified atom stereocenters. The van der Waals surface area contributed by atoms with Gasteiger partial charge in [-0.3, -0.25) is 0 Å². The Labute approximate surface area is 175 Å². The van der Waals surface area contributed by atoms with Crippen molar-refractivity contribution < 1.29 is 9.13 Å². The molecule has 0 aliphatic rings. The summed E-state index contributed by atoms with van der Waals surface area (Å²) >= 11 is 15.1. The molecule has 3 rings (SSSR count). The van der Waals surface area contributed by atoms with Crippen LogP contribution in [-0.2, 0) is 13.1 Å². The summed E-state index contributed by atoms with van der Waals surface area (Å²) in [6.45, 7) is 1.55. The molecule has 0 radical (unpaired) electrons. The summed E-state index contributed by atoms with van der Waals surface area (Å²) < 4.78 is 8.58. The van der Waals surface area contributed by atoms with E-state index in [9.17, 15) is 0 Å². The molecule has 2 nitrogen and oxygen atoms in total. The molecule has 1 aromatic carbocycles.